The van der Waals surface area contributed by atoms with Crippen LogP contribution >= 0.6 is 44.3 Å². The van der Waals surface area contributed by atoms with Gasteiger partial charge in [-0.3, -0.25) is 0 Å². The van der Waals surface area contributed by atoms with Crippen LogP contribution in [0.2, 0.25) is 0 Å². The number of aromatic nitrogens is 2. The molecule has 0 aliphatic heterocycles. The highest BCUT2D eigenvalue weighted by molar-refractivity contribution is 8.77. The highest BCUT2D eigenvalue weighted by Gasteiger charge is 2.16. The van der Waals surface area contributed by atoms with Crippen LogP contribution in [0.5, 0.6) is 0 Å². The number of thiazole rings is 2. The maximum atomic E-state index is 12.2. The van der Waals surface area contributed by atoms with E-state index >= 15 is 0 Å². The van der Waals surface area contributed by atoms with Gasteiger partial charge in [-0.25, -0.2) is 26.8 Å². The molecule has 0 saturated carbocycles. The number of sulfone groups is 2. The van der Waals surface area contributed by atoms with Crippen molar-refractivity contribution in [3.8, 4) is 0 Å². The molecule has 2 aromatic rings. The highest BCUT2D eigenvalue weighted by Crippen LogP contribution is 2.40. The molecule has 0 bridgehead atoms. The van der Waals surface area contributed by atoms with Gasteiger partial charge in [0.2, 0.25) is 0 Å². The van der Waals surface area contributed by atoms with E-state index in [0.717, 1.165) is 34.4 Å². The topological polar surface area (TPSA) is 94.1 Å². The second-order valence-electron chi connectivity index (χ2n) is 6.97. The van der Waals surface area contributed by atoms with Gasteiger partial charge in [-0.2, -0.15) is 0 Å². The van der Waals surface area contributed by atoms with Crippen LogP contribution in [-0.4, -0.2) is 38.3 Å². The quantitative estimate of drug-likeness (QED) is 0.217. The first-order valence-electron chi connectivity index (χ1n) is 9.87. The van der Waals surface area contributed by atoms with Crippen LogP contribution < -0.4 is 0 Å². The molecule has 170 valence electrons. The van der Waals surface area contributed by atoms with E-state index in [9.17, 15) is 16.8 Å². The molecule has 0 fully saturated rings. The maximum Gasteiger partial charge on any atom is 0.161 e. The zero-order chi connectivity index (χ0) is 22.0. The molecule has 0 N–H and O–H groups in total. The molecule has 0 radical (unpaired) electrons. The predicted molar refractivity (Wildman–Crippen MR) is 130 cm³/mol. The third-order valence-electron chi connectivity index (χ3n) is 4.10. The first kappa shape index (κ1) is 26.1. The Morgan fingerprint density at radius 1 is 0.733 bits per heavy atom. The summed E-state index contributed by atoms with van der Waals surface area (Å²) in [6.45, 7) is 4.10. The minimum Gasteiger partial charge on any atom is -0.233 e. The molecule has 0 saturated heterocycles. The number of rotatable bonds is 15. The lowest BCUT2D eigenvalue weighted by Crippen LogP contribution is -2.09. The SMILES string of the molecule is CCCCCS(=O)(=O)Cc1csc(SSc2nc(CS(=O)(=O)CCCCC)cs2)n1. The van der Waals surface area contributed by atoms with E-state index in [1.807, 2.05) is 13.8 Å². The van der Waals surface area contributed by atoms with Crippen LogP contribution in [0.25, 0.3) is 0 Å². The van der Waals surface area contributed by atoms with E-state index in [-0.39, 0.29) is 23.0 Å². The Bertz CT molecular complexity index is 902. The summed E-state index contributed by atoms with van der Waals surface area (Å²) < 4.78 is 50.2. The van der Waals surface area contributed by atoms with Crippen molar-refractivity contribution in [1.82, 2.24) is 9.97 Å². The monoisotopic (exact) mass is 528 g/mol. The van der Waals surface area contributed by atoms with Crippen molar-refractivity contribution in [2.45, 2.75) is 72.6 Å². The Kier molecular flexibility index (Phi) is 11.1. The van der Waals surface area contributed by atoms with Gasteiger partial charge >= 0.3 is 0 Å². The summed E-state index contributed by atoms with van der Waals surface area (Å²) in [4.78, 5) is 8.82. The molecule has 0 unspecified atom stereocenters. The van der Waals surface area contributed by atoms with E-state index in [2.05, 4.69) is 9.97 Å². The number of unbranched alkanes of at least 4 members (excludes halogenated alkanes) is 4. The summed E-state index contributed by atoms with van der Waals surface area (Å²) in [6.07, 6.45) is 5.22. The molecule has 0 aliphatic rings. The van der Waals surface area contributed by atoms with Gasteiger partial charge in [-0.15, -0.1) is 22.7 Å². The van der Waals surface area contributed by atoms with Gasteiger partial charge < -0.3 is 0 Å². The van der Waals surface area contributed by atoms with Crippen molar-refractivity contribution in [2.24, 2.45) is 0 Å². The summed E-state index contributed by atoms with van der Waals surface area (Å²) in [5.41, 5.74) is 1.16. The van der Waals surface area contributed by atoms with Crippen molar-refractivity contribution in [1.29, 1.82) is 0 Å². The van der Waals surface area contributed by atoms with Crippen LogP contribution in [0.4, 0.5) is 0 Å². The van der Waals surface area contributed by atoms with Crippen LogP contribution in [0.15, 0.2) is 19.4 Å². The van der Waals surface area contributed by atoms with Gasteiger partial charge in [0.25, 0.3) is 0 Å². The second-order valence-corrected chi connectivity index (χ2v) is 15.7. The normalized spacial score (nSPS) is 12.5. The third kappa shape index (κ3) is 9.99. The van der Waals surface area contributed by atoms with Crippen LogP contribution in [0.1, 0.15) is 63.8 Å². The van der Waals surface area contributed by atoms with Gasteiger partial charge in [-0.05, 0) is 34.4 Å². The van der Waals surface area contributed by atoms with Crippen molar-refractivity contribution >= 4 is 63.9 Å². The van der Waals surface area contributed by atoms with Gasteiger partial charge in [-0.1, -0.05) is 39.5 Å². The predicted octanol–water partition coefficient (Wildman–Crippen LogP) is 5.61. The smallest absolute Gasteiger partial charge is 0.161 e. The Morgan fingerprint density at radius 2 is 1.13 bits per heavy atom. The first-order chi connectivity index (χ1) is 14.2. The number of hydrogen-bond acceptors (Lipinski definition) is 10. The lowest BCUT2D eigenvalue weighted by Gasteiger charge is -2.01. The fourth-order valence-electron chi connectivity index (χ4n) is 2.60. The standard InChI is InChI=1S/C18H28N2O4S6/c1-3-5-7-9-29(21,22)13-15-11-25-17(19-15)27-28-18-20-16(12-26-18)14-30(23,24)10-8-6-4-2/h11-12H,3-10,13-14H2,1-2H3. The van der Waals surface area contributed by atoms with Crippen LogP contribution in [0, 0.1) is 0 Å². The highest BCUT2D eigenvalue weighted by atomic mass is 33.1. The minimum absolute atomic E-state index is 0.0181. The summed E-state index contributed by atoms with van der Waals surface area (Å²) in [6, 6.07) is 0. The molecule has 0 aliphatic carbocycles. The average Bonchev–Trinajstić information content (AvgIpc) is 3.28. The number of hydrogen-bond donors (Lipinski definition) is 0. The summed E-state index contributed by atoms with van der Waals surface area (Å²) >= 11 is 2.83. The van der Waals surface area contributed by atoms with Gasteiger partial charge in [0.15, 0.2) is 28.4 Å². The molecule has 2 heterocycles. The van der Waals surface area contributed by atoms with Gasteiger partial charge in [0.05, 0.1) is 34.4 Å². The van der Waals surface area contributed by atoms with Crippen molar-refractivity contribution < 1.29 is 16.8 Å². The summed E-state index contributed by atoms with van der Waals surface area (Å²) in [7, 11) is -3.41. The molecule has 12 heteroatoms. The zero-order valence-corrected chi connectivity index (χ0v) is 22.1. The number of nitrogens with zero attached hydrogens (tertiary/aromatic N) is 2. The third-order valence-corrected chi connectivity index (χ3v) is 12.2. The molecule has 6 nitrogen and oxygen atoms in total. The second kappa shape index (κ2) is 12.8. The molecule has 0 aromatic carbocycles. The average molecular weight is 529 g/mol. The molecule has 0 amide bonds. The molecule has 30 heavy (non-hydrogen) atoms. The van der Waals surface area contributed by atoms with Crippen molar-refractivity contribution in [2.75, 3.05) is 11.5 Å². The lowest BCUT2D eigenvalue weighted by molar-refractivity contribution is 0.587. The zero-order valence-electron chi connectivity index (χ0n) is 17.2. The fourth-order valence-corrected chi connectivity index (χ4v) is 9.69. The molecular weight excluding hydrogens is 501 g/mol. The van der Waals surface area contributed by atoms with Gasteiger partial charge in [0, 0.05) is 10.8 Å². The van der Waals surface area contributed by atoms with Crippen LogP contribution in [0.3, 0.4) is 0 Å². The first-order valence-corrected chi connectivity index (χ1v) is 17.4. The van der Waals surface area contributed by atoms with E-state index in [4.69, 9.17) is 0 Å². The Labute approximate surface area is 195 Å². The van der Waals surface area contributed by atoms with Gasteiger partial charge in [0.1, 0.15) is 0 Å². The molecule has 0 spiro atoms. The molecule has 2 aromatic heterocycles. The Balaban J connectivity index is 1.83. The minimum atomic E-state index is -3.12. The molecule has 2 rings (SSSR count). The molecular formula is C18H28N2O4S6. The Morgan fingerprint density at radius 3 is 1.50 bits per heavy atom. The van der Waals surface area contributed by atoms with Crippen LogP contribution in [-0.2, 0) is 31.2 Å². The van der Waals surface area contributed by atoms with E-state index in [1.165, 1.54) is 44.3 Å². The largest absolute Gasteiger partial charge is 0.233 e. The maximum absolute atomic E-state index is 12.2. The van der Waals surface area contributed by atoms with Crippen molar-refractivity contribution in [3.63, 3.8) is 0 Å². The van der Waals surface area contributed by atoms with Crippen molar-refractivity contribution in [3.05, 3.63) is 22.1 Å². The molecule has 0 atom stereocenters. The fraction of sp³-hybridized carbons (Fsp3) is 0.667. The summed E-state index contributed by atoms with van der Waals surface area (Å²) in [5.74, 6) is 0.378. The summed E-state index contributed by atoms with van der Waals surface area (Å²) in [5, 5.41) is 3.58. The Hall–Kier alpha value is -0.140. The van der Waals surface area contributed by atoms with E-state index in [0.29, 0.717) is 24.2 Å². The van der Waals surface area contributed by atoms with E-state index < -0.39 is 19.7 Å². The lowest BCUT2D eigenvalue weighted by atomic mass is 10.3. The van der Waals surface area contributed by atoms with E-state index in [1.54, 1.807) is 10.8 Å².